The molecule has 2 aliphatic rings. The Morgan fingerprint density at radius 3 is 2.23 bits per heavy atom. The van der Waals surface area contributed by atoms with Crippen LogP contribution in [0.1, 0.15) is 48.0 Å². The smallest absolute Gasteiger partial charge is 0.253 e. The molecule has 1 aromatic rings. The van der Waals surface area contributed by atoms with Gasteiger partial charge in [0.15, 0.2) is 0 Å². The van der Waals surface area contributed by atoms with Crippen LogP contribution in [0.4, 0.5) is 0 Å². The van der Waals surface area contributed by atoms with Gasteiger partial charge in [-0.25, -0.2) is 0 Å². The summed E-state index contributed by atoms with van der Waals surface area (Å²) in [7, 11) is 0. The van der Waals surface area contributed by atoms with Crippen LogP contribution in [0.15, 0.2) is 24.3 Å². The van der Waals surface area contributed by atoms with E-state index in [-0.39, 0.29) is 5.91 Å². The maximum Gasteiger partial charge on any atom is 0.253 e. The number of benzene rings is 1. The number of hydrogen-bond donors (Lipinski definition) is 1. The summed E-state index contributed by atoms with van der Waals surface area (Å²) in [5, 5.41) is 0. The summed E-state index contributed by atoms with van der Waals surface area (Å²) >= 11 is 0. The van der Waals surface area contributed by atoms with Crippen LogP contribution in [0.2, 0.25) is 0 Å². The third-order valence-electron chi connectivity index (χ3n) is 5.13. The van der Waals surface area contributed by atoms with Crippen LogP contribution in [0.3, 0.4) is 0 Å². The van der Waals surface area contributed by atoms with E-state index in [1.165, 1.54) is 32.1 Å². The summed E-state index contributed by atoms with van der Waals surface area (Å²) in [6, 6.07) is 8.46. The molecule has 1 saturated carbocycles. The molecule has 0 bridgehead atoms. The topological polar surface area (TPSA) is 49.6 Å². The molecule has 1 aliphatic carbocycles. The summed E-state index contributed by atoms with van der Waals surface area (Å²) in [4.78, 5) is 17.2. The van der Waals surface area contributed by atoms with Gasteiger partial charge in [-0.3, -0.25) is 9.69 Å². The third kappa shape index (κ3) is 3.50. The number of carbonyl (C=O) groups is 1. The lowest BCUT2D eigenvalue weighted by Crippen LogP contribution is -2.52. The molecule has 0 atom stereocenters. The minimum Gasteiger partial charge on any atom is -0.336 e. The average Bonchev–Trinajstić information content (AvgIpc) is 2.62. The number of piperazine rings is 1. The molecule has 1 aromatic carbocycles. The van der Waals surface area contributed by atoms with Crippen LogP contribution in [-0.2, 0) is 6.54 Å². The Balaban J connectivity index is 1.54. The molecule has 4 heteroatoms. The van der Waals surface area contributed by atoms with Gasteiger partial charge >= 0.3 is 0 Å². The van der Waals surface area contributed by atoms with Crippen molar-refractivity contribution in [2.45, 2.75) is 44.7 Å². The van der Waals surface area contributed by atoms with E-state index in [1.807, 2.05) is 29.2 Å². The number of nitrogens with two attached hydrogens (primary N) is 1. The molecule has 22 heavy (non-hydrogen) atoms. The number of carbonyl (C=O) groups excluding carboxylic acids is 1. The van der Waals surface area contributed by atoms with Gasteiger partial charge in [-0.2, -0.15) is 0 Å². The molecule has 0 unspecified atom stereocenters. The van der Waals surface area contributed by atoms with E-state index in [1.54, 1.807) is 0 Å². The Morgan fingerprint density at radius 2 is 1.64 bits per heavy atom. The minimum atomic E-state index is 0.159. The standard InChI is InChI=1S/C18H27N3O/c19-14-15-6-8-16(9-7-15)18(22)21-12-10-20(11-13-21)17-4-2-1-3-5-17/h6-9,17H,1-5,10-14,19H2. The molecule has 1 aliphatic heterocycles. The van der Waals surface area contributed by atoms with E-state index in [4.69, 9.17) is 5.73 Å². The fraction of sp³-hybridized carbons (Fsp3) is 0.611. The Labute approximate surface area is 133 Å². The van der Waals surface area contributed by atoms with E-state index in [0.29, 0.717) is 6.54 Å². The van der Waals surface area contributed by atoms with Gasteiger partial charge in [0, 0.05) is 44.3 Å². The Kier molecular flexibility index (Phi) is 5.11. The second-order valence-corrected chi connectivity index (χ2v) is 6.52. The van der Waals surface area contributed by atoms with E-state index in [2.05, 4.69) is 4.90 Å². The Morgan fingerprint density at radius 1 is 1.00 bits per heavy atom. The molecule has 4 nitrogen and oxygen atoms in total. The SMILES string of the molecule is NCc1ccc(C(=O)N2CCN(C3CCCCC3)CC2)cc1. The van der Waals surface area contributed by atoms with Crippen molar-refractivity contribution in [3.63, 3.8) is 0 Å². The van der Waals surface area contributed by atoms with E-state index in [0.717, 1.165) is 43.3 Å². The summed E-state index contributed by atoms with van der Waals surface area (Å²) in [6.07, 6.45) is 6.82. The number of rotatable bonds is 3. The van der Waals surface area contributed by atoms with Crippen molar-refractivity contribution in [1.29, 1.82) is 0 Å². The van der Waals surface area contributed by atoms with E-state index < -0.39 is 0 Å². The van der Waals surface area contributed by atoms with Gasteiger partial charge in [0.05, 0.1) is 0 Å². The van der Waals surface area contributed by atoms with Crippen LogP contribution in [0.25, 0.3) is 0 Å². The predicted molar refractivity (Wildman–Crippen MR) is 88.7 cm³/mol. The van der Waals surface area contributed by atoms with Gasteiger partial charge in [0.25, 0.3) is 5.91 Å². The van der Waals surface area contributed by atoms with Crippen LogP contribution in [-0.4, -0.2) is 47.9 Å². The Bertz CT molecular complexity index is 486. The highest BCUT2D eigenvalue weighted by Crippen LogP contribution is 2.23. The van der Waals surface area contributed by atoms with Crippen molar-refractivity contribution < 1.29 is 4.79 Å². The monoisotopic (exact) mass is 301 g/mol. The van der Waals surface area contributed by atoms with Gasteiger partial charge in [0.2, 0.25) is 0 Å². The number of hydrogen-bond acceptors (Lipinski definition) is 3. The minimum absolute atomic E-state index is 0.159. The zero-order valence-electron chi connectivity index (χ0n) is 13.3. The van der Waals surface area contributed by atoms with E-state index >= 15 is 0 Å². The maximum atomic E-state index is 12.6. The average molecular weight is 301 g/mol. The molecule has 2 N–H and O–H groups in total. The van der Waals surface area contributed by atoms with E-state index in [9.17, 15) is 4.79 Å². The zero-order chi connectivity index (χ0) is 15.4. The summed E-state index contributed by atoms with van der Waals surface area (Å²) < 4.78 is 0. The van der Waals surface area contributed by atoms with Crippen LogP contribution in [0.5, 0.6) is 0 Å². The number of nitrogens with zero attached hydrogens (tertiary/aromatic N) is 2. The lowest BCUT2D eigenvalue weighted by molar-refractivity contribution is 0.0523. The van der Waals surface area contributed by atoms with Crippen molar-refractivity contribution in [3.8, 4) is 0 Å². The molecular formula is C18H27N3O. The molecule has 0 radical (unpaired) electrons. The summed E-state index contributed by atoms with van der Waals surface area (Å²) in [6.45, 7) is 4.28. The molecule has 1 amide bonds. The lowest BCUT2D eigenvalue weighted by atomic mass is 9.94. The number of amides is 1. The van der Waals surface area contributed by atoms with Crippen LogP contribution < -0.4 is 5.73 Å². The molecular weight excluding hydrogens is 274 g/mol. The summed E-state index contributed by atoms with van der Waals surface area (Å²) in [5.41, 5.74) is 7.45. The molecule has 0 spiro atoms. The predicted octanol–water partition coefficient (Wildman–Crippen LogP) is 2.24. The normalized spacial score (nSPS) is 21.0. The molecule has 3 rings (SSSR count). The first-order valence-corrected chi connectivity index (χ1v) is 8.60. The van der Waals surface area contributed by atoms with Gasteiger partial charge < -0.3 is 10.6 Å². The van der Waals surface area contributed by atoms with Crippen molar-refractivity contribution >= 4 is 5.91 Å². The van der Waals surface area contributed by atoms with Crippen molar-refractivity contribution in [1.82, 2.24) is 9.80 Å². The van der Waals surface area contributed by atoms with Crippen molar-refractivity contribution in [2.24, 2.45) is 5.73 Å². The fourth-order valence-electron chi connectivity index (χ4n) is 3.70. The van der Waals surface area contributed by atoms with Gasteiger partial charge in [-0.05, 0) is 30.5 Å². The largest absolute Gasteiger partial charge is 0.336 e. The second-order valence-electron chi connectivity index (χ2n) is 6.52. The fourth-order valence-corrected chi connectivity index (χ4v) is 3.70. The van der Waals surface area contributed by atoms with Crippen LogP contribution in [0, 0.1) is 0 Å². The highest BCUT2D eigenvalue weighted by Gasteiger charge is 2.27. The quantitative estimate of drug-likeness (QED) is 0.931. The lowest BCUT2D eigenvalue weighted by Gasteiger charge is -2.40. The molecule has 0 aromatic heterocycles. The third-order valence-corrected chi connectivity index (χ3v) is 5.13. The summed E-state index contributed by atoms with van der Waals surface area (Å²) in [5.74, 6) is 0.159. The highest BCUT2D eigenvalue weighted by atomic mass is 16.2. The first-order chi connectivity index (χ1) is 10.8. The molecule has 2 fully saturated rings. The highest BCUT2D eigenvalue weighted by molar-refractivity contribution is 5.94. The van der Waals surface area contributed by atoms with Crippen molar-refractivity contribution in [3.05, 3.63) is 35.4 Å². The van der Waals surface area contributed by atoms with Gasteiger partial charge in [-0.1, -0.05) is 31.4 Å². The maximum absolute atomic E-state index is 12.6. The molecule has 1 saturated heterocycles. The molecule has 1 heterocycles. The van der Waals surface area contributed by atoms with Gasteiger partial charge in [-0.15, -0.1) is 0 Å². The van der Waals surface area contributed by atoms with Crippen LogP contribution >= 0.6 is 0 Å². The first-order valence-electron chi connectivity index (χ1n) is 8.60. The Hall–Kier alpha value is -1.39. The second kappa shape index (κ2) is 7.25. The molecule has 120 valence electrons. The van der Waals surface area contributed by atoms with Crippen molar-refractivity contribution in [2.75, 3.05) is 26.2 Å². The van der Waals surface area contributed by atoms with Gasteiger partial charge in [0.1, 0.15) is 0 Å². The first kappa shape index (κ1) is 15.5. The zero-order valence-corrected chi connectivity index (χ0v) is 13.3.